The molecule has 2 unspecified atom stereocenters. The highest BCUT2D eigenvalue weighted by Gasteiger charge is 2.27. The zero-order valence-corrected chi connectivity index (χ0v) is 15.3. The van der Waals surface area contributed by atoms with Crippen LogP contribution in [0.2, 0.25) is 0 Å². The summed E-state index contributed by atoms with van der Waals surface area (Å²) >= 11 is 0. The van der Waals surface area contributed by atoms with Crippen molar-refractivity contribution in [3.63, 3.8) is 0 Å². The molecule has 1 fully saturated rings. The Morgan fingerprint density at radius 3 is 2.79 bits per heavy atom. The number of benzene rings is 1. The highest BCUT2D eigenvalue weighted by molar-refractivity contribution is 5.44. The van der Waals surface area contributed by atoms with Gasteiger partial charge < -0.3 is 19.9 Å². The molecule has 1 saturated heterocycles. The van der Waals surface area contributed by atoms with Crippen molar-refractivity contribution in [3.05, 3.63) is 23.8 Å². The number of nitrogens with zero attached hydrogens (tertiary/aromatic N) is 1. The number of hydrogen-bond acceptors (Lipinski definition) is 5. The molecule has 0 saturated carbocycles. The van der Waals surface area contributed by atoms with E-state index in [4.69, 9.17) is 9.47 Å². The third kappa shape index (κ3) is 4.85. The maximum Gasteiger partial charge on any atom is 0.161 e. The summed E-state index contributed by atoms with van der Waals surface area (Å²) in [6.45, 7) is 10.6. The molecule has 0 bridgehead atoms. The van der Waals surface area contributed by atoms with Gasteiger partial charge in [0, 0.05) is 25.7 Å². The van der Waals surface area contributed by atoms with Gasteiger partial charge in [-0.3, -0.25) is 4.90 Å². The van der Waals surface area contributed by atoms with Gasteiger partial charge in [-0.25, -0.2) is 0 Å². The van der Waals surface area contributed by atoms with Gasteiger partial charge in [0.05, 0.1) is 25.9 Å². The number of unbranched alkanes of at least 4 members (excludes halogenated alkanes) is 1. The molecule has 1 aromatic carbocycles. The van der Waals surface area contributed by atoms with Gasteiger partial charge in [0.1, 0.15) is 0 Å². The van der Waals surface area contributed by atoms with E-state index in [2.05, 4.69) is 30.1 Å². The topological polar surface area (TPSA) is 54.0 Å². The Morgan fingerprint density at radius 1 is 1.29 bits per heavy atom. The van der Waals surface area contributed by atoms with Crippen molar-refractivity contribution >= 4 is 0 Å². The van der Waals surface area contributed by atoms with Crippen LogP contribution in [0.4, 0.5) is 0 Å². The average Bonchev–Trinajstić information content (AvgIpc) is 2.59. The Balaban J connectivity index is 2.19. The van der Waals surface area contributed by atoms with Crippen LogP contribution in [0.25, 0.3) is 0 Å². The SMILES string of the molecule is CCCCOc1ccc(C(CO)N2CCNCC2C)cc1OCC. The lowest BCUT2D eigenvalue weighted by molar-refractivity contribution is 0.0721. The molecule has 2 N–H and O–H groups in total. The van der Waals surface area contributed by atoms with Gasteiger partial charge in [0.15, 0.2) is 11.5 Å². The molecule has 5 heteroatoms. The minimum atomic E-state index is -0.00834. The van der Waals surface area contributed by atoms with Crippen LogP contribution in [-0.4, -0.2) is 55.5 Å². The number of aliphatic hydroxyl groups is 1. The molecule has 5 nitrogen and oxygen atoms in total. The highest BCUT2D eigenvalue weighted by Crippen LogP contribution is 2.33. The normalized spacial score (nSPS) is 19.9. The van der Waals surface area contributed by atoms with Gasteiger partial charge in [0.2, 0.25) is 0 Å². The Hall–Kier alpha value is -1.30. The molecular weight excluding hydrogens is 304 g/mol. The van der Waals surface area contributed by atoms with Crippen molar-refractivity contribution in [2.24, 2.45) is 0 Å². The summed E-state index contributed by atoms with van der Waals surface area (Å²) in [4.78, 5) is 2.36. The van der Waals surface area contributed by atoms with Crippen LogP contribution in [0, 0.1) is 0 Å². The van der Waals surface area contributed by atoms with Gasteiger partial charge >= 0.3 is 0 Å². The molecule has 1 aliphatic rings. The first-order valence-electron chi connectivity index (χ1n) is 9.18. The van der Waals surface area contributed by atoms with E-state index in [0.29, 0.717) is 19.3 Å². The molecule has 1 heterocycles. The summed E-state index contributed by atoms with van der Waals surface area (Å²) in [5.41, 5.74) is 1.08. The van der Waals surface area contributed by atoms with Crippen molar-refractivity contribution in [3.8, 4) is 11.5 Å². The Kier molecular flexibility index (Phi) is 7.82. The number of rotatable bonds is 9. The molecule has 0 aromatic heterocycles. The van der Waals surface area contributed by atoms with Crippen LogP contribution in [0.5, 0.6) is 11.5 Å². The van der Waals surface area contributed by atoms with Crippen molar-refractivity contribution < 1.29 is 14.6 Å². The summed E-state index contributed by atoms with van der Waals surface area (Å²) in [5, 5.41) is 13.4. The molecule has 1 aliphatic heterocycles. The molecule has 0 aliphatic carbocycles. The van der Waals surface area contributed by atoms with Crippen LogP contribution in [-0.2, 0) is 0 Å². The van der Waals surface area contributed by atoms with Crippen LogP contribution >= 0.6 is 0 Å². The van der Waals surface area contributed by atoms with Gasteiger partial charge in [-0.1, -0.05) is 19.4 Å². The smallest absolute Gasteiger partial charge is 0.161 e. The van der Waals surface area contributed by atoms with E-state index in [1.807, 2.05) is 19.1 Å². The molecule has 2 atom stereocenters. The molecule has 2 rings (SSSR count). The molecule has 1 aromatic rings. The van der Waals surface area contributed by atoms with E-state index in [0.717, 1.165) is 49.5 Å². The first-order chi connectivity index (χ1) is 11.7. The lowest BCUT2D eigenvalue weighted by Crippen LogP contribution is -2.51. The molecule has 24 heavy (non-hydrogen) atoms. The standard InChI is InChI=1S/C19H32N2O3/c1-4-6-11-24-18-8-7-16(12-19(18)23-5-2)17(14-22)21-10-9-20-13-15(21)3/h7-8,12,15,17,20,22H,4-6,9-11,13-14H2,1-3H3. The lowest BCUT2D eigenvalue weighted by Gasteiger charge is -2.39. The molecule has 0 amide bonds. The number of nitrogens with one attached hydrogen (secondary N) is 1. The molecule has 0 radical (unpaired) electrons. The largest absolute Gasteiger partial charge is 0.490 e. The zero-order chi connectivity index (χ0) is 17.4. The second-order valence-electron chi connectivity index (χ2n) is 6.33. The van der Waals surface area contributed by atoms with Crippen LogP contribution in [0.15, 0.2) is 18.2 Å². The fourth-order valence-electron chi connectivity index (χ4n) is 3.17. The summed E-state index contributed by atoms with van der Waals surface area (Å²) in [5.74, 6) is 1.56. The first-order valence-corrected chi connectivity index (χ1v) is 9.18. The summed E-state index contributed by atoms with van der Waals surface area (Å²) in [6, 6.07) is 6.45. The fraction of sp³-hybridized carbons (Fsp3) is 0.684. The fourth-order valence-corrected chi connectivity index (χ4v) is 3.17. The van der Waals surface area contributed by atoms with Crippen LogP contribution in [0.1, 0.15) is 45.2 Å². The van der Waals surface area contributed by atoms with Crippen molar-refractivity contribution in [1.29, 1.82) is 0 Å². The number of ether oxygens (including phenoxy) is 2. The Bertz CT molecular complexity index is 496. The maximum atomic E-state index is 9.98. The minimum absolute atomic E-state index is 0.00834. The Morgan fingerprint density at radius 2 is 2.12 bits per heavy atom. The van der Waals surface area contributed by atoms with Crippen LogP contribution < -0.4 is 14.8 Å². The average molecular weight is 336 g/mol. The van der Waals surface area contributed by atoms with E-state index in [9.17, 15) is 5.11 Å². The first kappa shape index (κ1) is 19.0. The zero-order valence-electron chi connectivity index (χ0n) is 15.3. The van der Waals surface area contributed by atoms with E-state index < -0.39 is 0 Å². The monoisotopic (exact) mass is 336 g/mol. The third-order valence-electron chi connectivity index (χ3n) is 4.53. The van der Waals surface area contributed by atoms with Gasteiger partial charge in [-0.05, 0) is 38.0 Å². The van der Waals surface area contributed by atoms with Gasteiger partial charge in [0.25, 0.3) is 0 Å². The predicted molar refractivity (Wildman–Crippen MR) is 96.9 cm³/mol. The predicted octanol–water partition coefficient (Wildman–Crippen LogP) is 2.59. The lowest BCUT2D eigenvalue weighted by atomic mass is 10.0. The molecule has 0 spiro atoms. The molecular formula is C19H32N2O3. The number of aliphatic hydroxyl groups excluding tert-OH is 1. The number of piperazine rings is 1. The maximum absolute atomic E-state index is 9.98. The van der Waals surface area contributed by atoms with E-state index >= 15 is 0 Å². The van der Waals surface area contributed by atoms with Crippen molar-refractivity contribution in [2.75, 3.05) is 39.5 Å². The second-order valence-corrected chi connectivity index (χ2v) is 6.33. The van der Waals surface area contributed by atoms with Gasteiger partial charge in [-0.15, -0.1) is 0 Å². The van der Waals surface area contributed by atoms with E-state index in [1.165, 1.54) is 0 Å². The highest BCUT2D eigenvalue weighted by atomic mass is 16.5. The summed E-state index contributed by atoms with van der Waals surface area (Å²) in [7, 11) is 0. The quantitative estimate of drug-likeness (QED) is 0.679. The minimum Gasteiger partial charge on any atom is -0.490 e. The summed E-state index contributed by atoms with van der Waals surface area (Å²) < 4.78 is 11.6. The third-order valence-corrected chi connectivity index (χ3v) is 4.53. The van der Waals surface area contributed by atoms with Crippen molar-refractivity contribution in [2.45, 2.75) is 45.7 Å². The van der Waals surface area contributed by atoms with E-state index in [-0.39, 0.29) is 12.6 Å². The number of hydrogen-bond donors (Lipinski definition) is 2. The van der Waals surface area contributed by atoms with Crippen molar-refractivity contribution in [1.82, 2.24) is 10.2 Å². The van der Waals surface area contributed by atoms with E-state index in [1.54, 1.807) is 0 Å². The Labute approximate surface area is 146 Å². The van der Waals surface area contributed by atoms with Crippen LogP contribution in [0.3, 0.4) is 0 Å². The molecule has 136 valence electrons. The second kappa shape index (κ2) is 9.87. The van der Waals surface area contributed by atoms with Gasteiger partial charge in [-0.2, -0.15) is 0 Å². The summed E-state index contributed by atoms with van der Waals surface area (Å²) in [6.07, 6.45) is 2.14.